The van der Waals surface area contributed by atoms with Gasteiger partial charge in [-0.1, -0.05) is 88.4 Å². The van der Waals surface area contributed by atoms with Crippen LogP contribution in [0.25, 0.3) is 0 Å². The van der Waals surface area contributed by atoms with Crippen LogP contribution in [0.1, 0.15) is 24.0 Å². The molecule has 0 saturated heterocycles. The molecular formula is C23H22ClIOS. The van der Waals surface area contributed by atoms with E-state index in [4.69, 9.17) is 16.3 Å². The molecule has 0 heterocycles. The van der Waals surface area contributed by atoms with Crippen molar-refractivity contribution in [3.05, 3.63) is 88.9 Å². The molecule has 0 bridgehead atoms. The summed E-state index contributed by atoms with van der Waals surface area (Å²) in [6.07, 6.45) is 3.41. The molecule has 4 heteroatoms. The first-order chi connectivity index (χ1) is 13.3. The number of ether oxygens (including phenoxy) is 1. The molecule has 0 N–H and O–H groups in total. The minimum atomic E-state index is 0.577. The van der Waals surface area contributed by atoms with E-state index in [0.717, 1.165) is 22.1 Å². The summed E-state index contributed by atoms with van der Waals surface area (Å²) in [4.78, 5) is 2.40. The smallest absolute Gasteiger partial charge is 0.120 e. The maximum Gasteiger partial charge on any atom is 0.120 e. The van der Waals surface area contributed by atoms with Gasteiger partial charge >= 0.3 is 0 Å². The molecule has 0 spiro atoms. The third-order valence-electron chi connectivity index (χ3n) is 4.17. The number of rotatable bonds is 9. The van der Waals surface area contributed by atoms with E-state index in [1.807, 2.05) is 42.5 Å². The van der Waals surface area contributed by atoms with E-state index in [9.17, 15) is 0 Å². The highest BCUT2D eigenvalue weighted by Crippen LogP contribution is 2.36. The van der Waals surface area contributed by atoms with Crippen molar-refractivity contribution in [2.75, 3.05) is 4.43 Å². The minimum Gasteiger partial charge on any atom is -0.489 e. The molecule has 1 nitrogen and oxygen atoms in total. The van der Waals surface area contributed by atoms with E-state index in [2.05, 4.69) is 52.9 Å². The number of halogens is 2. The number of unbranched alkanes of at least 4 members (excludes halogenated alkanes) is 1. The van der Waals surface area contributed by atoms with Crippen molar-refractivity contribution in [3.8, 4) is 5.75 Å². The Hall–Kier alpha value is -1.17. The van der Waals surface area contributed by atoms with Crippen molar-refractivity contribution < 1.29 is 4.74 Å². The zero-order valence-corrected chi connectivity index (χ0v) is 18.8. The van der Waals surface area contributed by atoms with Crippen molar-refractivity contribution in [1.29, 1.82) is 0 Å². The van der Waals surface area contributed by atoms with Crippen LogP contribution >= 0.6 is 46.0 Å². The van der Waals surface area contributed by atoms with Crippen molar-refractivity contribution in [2.45, 2.75) is 35.7 Å². The number of alkyl halides is 1. The van der Waals surface area contributed by atoms with Crippen LogP contribution < -0.4 is 4.74 Å². The minimum absolute atomic E-state index is 0.577. The van der Waals surface area contributed by atoms with Crippen molar-refractivity contribution >= 4 is 46.0 Å². The van der Waals surface area contributed by atoms with Gasteiger partial charge in [-0.15, -0.1) is 0 Å². The van der Waals surface area contributed by atoms with Crippen LogP contribution in [-0.2, 0) is 13.0 Å². The lowest BCUT2D eigenvalue weighted by Gasteiger charge is -2.12. The predicted molar refractivity (Wildman–Crippen MR) is 125 cm³/mol. The Kier molecular flexibility index (Phi) is 8.36. The van der Waals surface area contributed by atoms with E-state index in [0.29, 0.717) is 6.61 Å². The molecule has 0 aromatic heterocycles. The maximum atomic E-state index is 6.48. The zero-order chi connectivity index (χ0) is 18.9. The molecule has 0 radical (unpaired) electrons. The molecule has 3 aromatic rings. The third-order valence-corrected chi connectivity index (χ3v) is 6.38. The topological polar surface area (TPSA) is 9.23 Å². The monoisotopic (exact) mass is 508 g/mol. The highest BCUT2D eigenvalue weighted by molar-refractivity contribution is 14.1. The van der Waals surface area contributed by atoms with E-state index >= 15 is 0 Å². The first-order valence-electron chi connectivity index (χ1n) is 9.04. The molecule has 3 aromatic carbocycles. The summed E-state index contributed by atoms with van der Waals surface area (Å²) in [5.74, 6) is 0.886. The van der Waals surface area contributed by atoms with Crippen LogP contribution in [0.2, 0.25) is 5.02 Å². The first kappa shape index (κ1) is 20.6. The van der Waals surface area contributed by atoms with Crippen LogP contribution in [0.3, 0.4) is 0 Å². The molecule has 0 saturated carbocycles. The Morgan fingerprint density at radius 3 is 2.52 bits per heavy atom. The van der Waals surface area contributed by atoms with E-state index in [-0.39, 0.29) is 0 Å². The maximum absolute atomic E-state index is 6.48. The molecule has 0 aliphatic heterocycles. The quantitative estimate of drug-likeness (QED) is 0.165. The highest BCUT2D eigenvalue weighted by Gasteiger charge is 2.09. The van der Waals surface area contributed by atoms with Crippen LogP contribution in [0.5, 0.6) is 5.75 Å². The number of hydrogen-bond donors (Lipinski definition) is 0. The number of benzene rings is 3. The van der Waals surface area contributed by atoms with Crippen molar-refractivity contribution in [3.63, 3.8) is 0 Å². The van der Waals surface area contributed by atoms with Gasteiger partial charge in [0.05, 0.1) is 0 Å². The fourth-order valence-corrected chi connectivity index (χ4v) is 4.69. The van der Waals surface area contributed by atoms with Gasteiger partial charge in [0.2, 0.25) is 0 Å². The van der Waals surface area contributed by atoms with Crippen molar-refractivity contribution in [1.82, 2.24) is 0 Å². The van der Waals surface area contributed by atoms with Gasteiger partial charge in [0.15, 0.2) is 0 Å². The SMILES string of the molecule is Clc1cccc(Sc2cccc(OCc3ccccc3)c2)c1CCCCI. The largest absolute Gasteiger partial charge is 0.489 e. The van der Waals surface area contributed by atoms with Gasteiger partial charge in [-0.25, -0.2) is 0 Å². The third kappa shape index (κ3) is 6.44. The molecule has 3 rings (SSSR count). The zero-order valence-electron chi connectivity index (χ0n) is 15.0. The van der Waals surface area contributed by atoms with Gasteiger partial charge in [0.1, 0.15) is 12.4 Å². The lowest BCUT2D eigenvalue weighted by Crippen LogP contribution is -1.95. The lowest BCUT2D eigenvalue weighted by molar-refractivity contribution is 0.305. The van der Waals surface area contributed by atoms with Crippen molar-refractivity contribution in [2.24, 2.45) is 0 Å². The first-order valence-corrected chi connectivity index (χ1v) is 11.8. The second kappa shape index (κ2) is 11.0. The summed E-state index contributed by atoms with van der Waals surface area (Å²) in [6.45, 7) is 0.577. The predicted octanol–water partition coefficient (Wildman–Crippen LogP) is 7.83. The van der Waals surface area contributed by atoms with E-state index in [1.54, 1.807) is 11.8 Å². The summed E-state index contributed by atoms with van der Waals surface area (Å²) < 4.78 is 7.15. The lowest BCUT2D eigenvalue weighted by atomic mass is 10.1. The molecule has 27 heavy (non-hydrogen) atoms. The van der Waals surface area contributed by atoms with Gasteiger partial charge in [-0.2, -0.15) is 0 Å². The molecule has 0 amide bonds. The second-order valence-electron chi connectivity index (χ2n) is 6.21. The molecule has 0 aliphatic rings. The summed E-state index contributed by atoms with van der Waals surface area (Å²) in [7, 11) is 0. The summed E-state index contributed by atoms with van der Waals surface area (Å²) >= 11 is 10.7. The molecule has 0 atom stereocenters. The Morgan fingerprint density at radius 2 is 1.70 bits per heavy atom. The average molecular weight is 509 g/mol. The Bertz CT molecular complexity index is 854. The van der Waals surface area contributed by atoms with Crippen LogP contribution in [0.15, 0.2) is 82.6 Å². The molecule has 140 valence electrons. The van der Waals surface area contributed by atoms with Gasteiger partial charge < -0.3 is 4.74 Å². The molecule has 0 unspecified atom stereocenters. The van der Waals surface area contributed by atoms with E-state index < -0.39 is 0 Å². The Labute approximate surface area is 184 Å². The Morgan fingerprint density at radius 1 is 0.889 bits per heavy atom. The van der Waals surface area contributed by atoms with Crippen LogP contribution in [0, 0.1) is 0 Å². The molecule has 0 aliphatic carbocycles. The van der Waals surface area contributed by atoms with Gasteiger partial charge in [0, 0.05) is 14.8 Å². The fourth-order valence-electron chi connectivity index (χ4n) is 2.77. The summed E-state index contributed by atoms with van der Waals surface area (Å²) in [5, 5.41) is 0.866. The fraction of sp³-hybridized carbons (Fsp3) is 0.217. The van der Waals surface area contributed by atoms with Crippen LogP contribution in [0.4, 0.5) is 0 Å². The molecule has 0 fully saturated rings. The normalized spacial score (nSPS) is 10.7. The number of hydrogen-bond acceptors (Lipinski definition) is 2. The standard InChI is InChI=1S/C23H22ClIOS/c24-22-13-7-14-23(21(22)12-4-5-15-25)27-20-11-6-10-19(16-20)26-17-18-8-2-1-3-9-18/h1-3,6-11,13-14,16H,4-5,12,15,17H2. The average Bonchev–Trinajstić information content (AvgIpc) is 2.70. The highest BCUT2D eigenvalue weighted by atomic mass is 127. The molecular weight excluding hydrogens is 487 g/mol. The van der Waals surface area contributed by atoms with Gasteiger partial charge in [-0.3, -0.25) is 0 Å². The van der Waals surface area contributed by atoms with E-state index in [1.165, 1.54) is 33.3 Å². The summed E-state index contributed by atoms with van der Waals surface area (Å²) in [6, 6.07) is 24.7. The van der Waals surface area contributed by atoms with Gasteiger partial charge in [0.25, 0.3) is 0 Å². The van der Waals surface area contributed by atoms with Gasteiger partial charge in [-0.05, 0) is 65.1 Å². The summed E-state index contributed by atoms with van der Waals surface area (Å²) in [5.41, 5.74) is 2.42. The van der Waals surface area contributed by atoms with Crippen LogP contribution in [-0.4, -0.2) is 4.43 Å². The Balaban J connectivity index is 1.70. The second-order valence-corrected chi connectivity index (χ2v) is 8.82.